The smallest absolute Gasteiger partial charge is 0.343 e. The fourth-order valence-electron chi connectivity index (χ4n) is 3.72. The summed E-state index contributed by atoms with van der Waals surface area (Å²) in [5, 5.41) is 13.7. The number of carbonyl (C=O) groups excluding carboxylic acids is 1. The predicted octanol–water partition coefficient (Wildman–Crippen LogP) is 7.02. The van der Waals surface area contributed by atoms with Gasteiger partial charge in [0, 0.05) is 6.07 Å². The van der Waals surface area contributed by atoms with Crippen molar-refractivity contribution in [3.63, 3.8) is 0 Å². The molecule has 0 bridgehead atoms. The number of aromatic carboxylic acids is 1. The van der Waals surface area contributed by atoms with E-state index in [1.165, 1.54) is 23.8 Å². The van der Waals surface area contributed by atoms with Crippen LogP contribution in [0.5, 0.6) is 11.5 Å². The van der Waals surface area contributed by atoms with Gasteiger partial charge in [-0.05, 0) is 58.7 Å². The molecule has 1 N–H and O–H groups in total. The Labute approximate surface area is 230 Å². The molecule has 39 heavy (non-hydrogen) atoms. The van der Waals surface area contributed by atoms with E-state index >= 15 is 0 Å². The summed E-state index contributed by atoms with van der Waals surface area (Å²) in [7, 11) is 0. The molecule has 0 atom stereocenters. The van der Waals surface area contributed by atoms with Gasteiger partial charge in [-0.25, -0.2) is 9.59 Å². The van der Waals surface area contributed by atoms with Crippen LogP contribution in [0.15, 0.2) is 71.9 Å². The van der Waals surface area contributed by atoms with Crippen molar-refractivity contribution in [2.45, 2.75) is 59.3 Å². The van der Waals surface area contributed by atoms with Crippen molar-refractivity contribution in [2.24, 2.45) is 5.16 Å². The van der Waals surface area contributed by atoms with Gasteiger partial charge in [-0.3, -0.25) is 0 Å². The SMILES string of the molecule is C/C(=N\OCCOc1ccc(C(=O)O)c(OC(=O)c2ccc(C(C)(C)C)cc2)c1)c1ccc(C(C)(C)C)cc1. The third kappa shape index (κ3) is 8.18. The van der Waals surface area contributed by atoms with Gasteiger partial charge in [0.05, 0.1) is 11.3 Å². The summed E-state index contributed by atoms with van der Waals surface area (Å²) in [6, 6.07) is 19.5. The van der Waals surface area contributed by atoms with Gasteiger partial charge < -0.3 is 19.4 Å². The Morgan fingerprint density at radius 3 is 1.82 bits per heavy atom. The van der Waals surface area contributed by atoms with Crippen LogP contribution in [0.3, 0.4) is 0 Å². The summed E-state index contributed by atoms with van der Waals surface area (Å²) < 4.78 is 11.1. The predicted molar refractivity (Wildman–Crippen MR) is 152 cm³/mol. The van der Waals surface area contributed by atoms with E-state index in [0.717, 1.165) is 16.8 Å². The van der Waals surface area contributed by atoms with Crippen LogP contribution in [0.1, 0.15) is 85.9 Å². The van der Waals surface area contributed by atoms with Gasteiger partial charge in [-0.15, -0.1) is 0 Å². The lowest BCUT2D eigenvalue weighted by Crippen LogP contribution is -2.14. The number of carboxylic acid groups (broad SMARTS) is 1. The molecule has 0 amide bonds. The van der Waals surface area contributed by atoms with Gasteiger partial charge in [0.1, 0.15) is 23.7 Å². The molecule has 206 valence electrons. The van der Waals surface area contributed by atoms with Crippen molar-refractivity contribution in [3.05, 3.63) is 94.5 Å². The van der Waals surface area contributed by atoms with E-state index in [4.69, 9.17) is 14.3 Å². The second-order valence-corrected chi connectivity index (χ2v) is 11.4. The molecule has 0 aliphatic carbocycles. The lowest BCUT2D eigenvalue weighted by Gasteiger charge is -2.19. The van der Waals surface area contributed by atoms with Gasteiger partial charge in [0.25, 0.3) is 0 Å². The maximum Gasteiger partial charge on any atom is 0.343 e. The monoisotopic (exact) mass is 531 g/mol. The third-order valence-corrected chi connectivity index (χ3v) is 6.19. The van der Waals surface area contributed by atoms with Crippen LogP contribution in [0, 0.1) is 0 Å². The Bertz CT molecular complexity index is 1330. The maximum atomic E-state index is 12.7. The molecule has 7 nitrogen and oxygen atoms in total. The van der Waals surface area contributed by atoms with Crippen LogP contribution < -0.4 is 9.47 Å². The minimum absolute atomic E-state index is 0.0595. The molecule has 0 spiro atoms. The van der Waals surface area contributed by atoms with Crippen molar-refractivity contribution in [3.8, 4) is 11.5 Å². The number of hydrogen-bond donors (Lipinski definition) is 1. The fraction of sp³-hybridized carbons (Fsp3) is 0.344. The Balaban J connectivity index is 1.60. The Morgan fingerprint density at radius 1 is 0.769 bits per heavy atom. The number of rotatable bonds is 9. The standard InChI is InChI=1S/C32H37NO6/c1-21(22-8-12-24(13-9-22)31(2,3)4)33-38-19-18-37-26-16-17-27(29(34)35)28(20-26)39-30(36)23-10-14-25(15-11-23)32(5,6)7/h8-17,20H,18-19H2,1-7H3,(H,34,35)/b33-21+. The lowest BCUT2D eigenvalue weighted by molar-refractivity contribution is 0.0680. The van der Waals surface area contributed by atoms with Gasteiger partial charge in [0.15, 0.2) is 6.61 Å². The molecular formula is C32H37NO6. The molecule has 0 aliphatic heterocycles. The Hall–Kier alpha value is -4.13. The summed E-state index contributed by atoms with van der Waals surface area (Å²) in [5.74, 6) is -1.62. The average Bonchev–Trinajstić information content (AvgIpc) is 2.87. The molecular weight excluding hydrogens is 494 g/mol. The number of carbonyl (C=O) groups is 2. The van der Waals surface area contributed by atoms with Crippen LogP contribution in [0.4, 0.5) is 0 Å². The van der Waals surface area contributed by atoms with Crippen molar-refractivity contribution in [1.82, 2.24) is 0 Å². The average molecular weight is 532 g/mol. The number of carboxylic acids is 1. The molecule has 0 heterocycles. The normalized spacial score (nSPS) is 12.1. The maximum absolute atomic E-state index is 12.7. The van der Waals surface area contributed by atoms with Crippen LogP contribution >= 0.6 is 0 Å². The Kier molecular flexibility index (Phi) is 9.17. The highest BCUT2D eigenvalue weighted by Gasteiger charge is 2.19. The van der Waals surface area contributed by atoms with Crippen molar-refractivity contribution in [1.29, 1.82) is 0 Å². The number of esters is 1. The molecule has 0 fully saturated rings. The fourth-order valence-corrected chi connectivity index (χ4v) is 3.72. The molecule has 3 rings (SSSR count). The van der Waals surface area contributed by atoms with Gasteiger partial charge >= 0.3 is 11.9 Å². The first-order valence-corrected chi connectivity index (χ1v) is 12.9. The molecule has 0 aromatic heterocycles. The minimum atomic E-state index is -1.21. The number of oxime groups is 1. The first-order valence-electron chi connectivity index (χ1n) is 12.9. The van der Waals surface area contributed by atoms with Crippen LogP contribution in [-0.2, 0) is 15.7 Å². The van der Waals surface area contributed by atoms with Crippen LogP contribution in [0.2, 0.25) is 0 Å². The quantitative estimate of drug-likeness (QED) is 0.105. The zero-order chi connectivity index (χ0) is 28.8. The van der Waals surface area contributed by atoms with E-state index in [1.807, 2.05) is 31.2 Å². The van der Waals surface area contributed by atoms with Gasteiger partial charge in [0.2, 0.25) is 0 Å². The molecule has 0 aliphatic rings. The molecule has 0 radical (unpaired) electrons. The lowest BCUT2D eigenvalue weighted by atomic mass is 9.86. The first kappa shape index (κ1) is 29.4. The number of nitrogens with zero attached hydrogens (tertiary/aromatic N) is 1. The topological polar surface area (TPSA) is 94.4 Å². The van der Waals surface area contributed by atoms with E-state index in [0.29, 0.717) is 11.3 Å². The second kappa shape index (κ2) is 12.2. The minimum Gasteiger partial charge on any atom is -0.490 e. The molecule has 0 saturated heterocycles. The summed E-state index contributed by atoms with van der Waals surface area (Å²) in [5.41, 5.74) is 4.22. The van der Waals surface area contributed by atoms with Crippen LogP contribution in [-0.4, -0.2) is 36.0 Å². The van der Waals surface area contributed by atoms with Gasteiger partial charge in [-0.2, -0.15) is 0 Å². The number of benzene rings is 3. The van der Waals surface area contributed by atoms with Crippen molar-refractivity contribution in [2.75, 3.05) is 13.2 Å². The second-order valence-electron chi connectivity index (χ2n) is 11.4. The highest BCUT2D eigenvalue weighted by molar-refractivity contribution is 5.98. The molecule has 3 aromatic carbocycles. The molecule has 0 saturated carbocycles. The Morgan fingerprint density at radius 2 is 1.31 bits per heavy atom. The van der Waals surface area contributed by atoms with Crippen molar-refractivity contribution < 1.29 is 29.0 Å². The van der Waals surface area contributed by atoms with E-state index in [2.05, 4.69) is 58.8 Å². The summed E-state index contributed by atoms with van der Waals surface area (Å²) in [6.45, 7) is 14.9. The van der Waals surface area contributed by atoms with E-state index < -0.39 is 11.9 Å². The van der Waals surface area contributed by atoms with Crippen LogP contribution in [0.25, 0.3) is 0 Å². The molecule has 3 aromatic rings. The van der Waals surface area contributed by atoms with E-state index in [9.17, 15) is 14.7 Å². The zero-order valence-corrected chi connectivity index (χ0v) is 23.7. The summed E-state index contributed by atoms with van der Waals surface area (Å²) in [6.07, 6.45) is 0. The number of hydrogen-bond acceptors (Lipinski definition) is 6. The zero-order valence-electron chi connectivity index (χ0n) is 23.7. The molecule has 0 unspecified atom stereocenters. The van der Waals surface area contributed by atoms with Crippen molar-refractivity contribution >= 4 is 17.7 Å². The summed E-state index contributed by atoms with van der Waals surface area (Å²) in [4.78, 5) is 29.8. The first-order chi connectivity index (χ1) is 18.3. The highest BCUT2D eigenvalue weighted by atomic mass is 16.6. The number of ether oxygens (including phenoxy) is 2. The highest BCUT2D eigenvalue weighted by Crippen LogP contribution is 2.27. The van der Waals surface area contributed by atoms with E-state index in [1.54, 1.807) is 12.1 Å². The third-order valence-electron chi connectivity index (χ3n) is 6.19. The van der Waals surface area contributed by atoms with E-state index in [-0.39, 0.29) is 35.4 Å². The molecule has 7 heteroatoms. The van der Waals surface area contributed by atoms with Gasteiger partial charge in [-0.1, -0.05) is 83.1 Å². The largest absolute Gasteiger partial charge is 0.490 e. The summed E-state index contributed by atoms with van der Waals surface area (Å²) >= 11 is 0.